The van der Waals surface area contributed by atoms with Crippen LogP contribution >= 0.6 is 11.3 Å². The molecule has 0 aliphatic carbocycles. The van der Waals surface area contributed by atoms with E-state index in [1.165, 1.54) is 4.70 Å². The summed E-state index contributed by atoms with van der Waals surface area (Å²) in [6, 6.07) is 11.7. The molecule has 24 heavy (non-hydrogen) atoms. The fourth-order valence-corrected chi connectivity index (χ4v) is 4.37. The SMILES string of the molecule is NC(=O)c1cccnc1N1CCC[C@H](c2nc3ccccc3s2)C1. The number of aromatic nitrogens is 2. The van der Waals surface area contributed by atoms with E-state index in [1.807, 2.05) is 12.1 Å². The molecule has 1 aliphatic heterocycles. The van der Waals surface area contributed by atoms with Gasteiger partial charge in [0.1, 0.15) is 5.82 Å². The van der Waals surface area contributed by atoms with Crippen LogP contribution in [-0.2, 0) is 0 Å². The van der Waals surface area contributed by atoms with Crippen molar-refractivity contribution in [2.24, 2.45) is 5.73 Å². The summed E-state index contributed by atoms with van der Waals surface area (Å²) >= 11 is 1.76. The third kappa shape index (κ3) is 2.73. The van der Waals surface area contributed by atoms with Gasteiger partial charge in [-0.1, -0.05) is 12.1 Å². The van der Waals surface area contributed by atoms with Crippen molar-refractivity contribution >= 4 is 33.3 Å². The largest absolute Gasteiger partial charge is 0.365 e. The van der Waals surface area contributed by atoms with Gasteiger partial charge < -0.3 is 10.6 Å². The van der Waals surface area contributed by atoms with Gasteiger partial charge in [-0.15, -0.1) is 11.3 Å². The van der Waals surface area contributed by atoms with Gasteiger partial charge in [0, 0.05) is 25.2 Å². The van der Waals surface area contributed by atoms with Crippen molar-refractivity contribution in [3.63, 3.8) is 0 Å². The lowest BCUT2D eigenvalue weighted by atomic mass is 9.98. The van der Waals surface area contributed by atoms with E-state index in [0.717, 1.165) is 36.5 Å². The van der Waals surface area contributed by atoms with E-state index in [4.69, 9.17) is 10.7 Å². The number of benzene rings is 1. The number of para-hydroxylation sites is 1. The molecular formula is C18H18N4OS. The molecule has 2 aromatic heterocycles. The normalized spacial score (nSPS) is 18.0. The Morgan fingerprint density at radius 2 is 2.12 bits per heavy atom. The Balaban J connectivity index is 1.63. The molecule has 0 unspecified atom stereocenters. The quantitative estimate of drug-likeness (QED) is 0.796. The average Bonchev–Trinajstić information content (AvgIpc) is 3.06. The standard InChI is InChI=1S/C18H18N4OS/c19-16(23)13-6-3-9-20-17(13)22-10-4-5-12(11-22)18-21-14-7-1-2-8-15(14)24-18/h1-3,6-9,12H,4-5,10-11H2,(H2,19,23)/t12-/m0/s1. The van der Waals surface area contributed by atoms with Crippen LogP contribution < -0.4 is 10.6 Å². The zero-order valence-corrected chi connectivity index (χ0v) is 14.0. The maximum absolute atomic E-state index is 11.7. The van der Waals surface area contributed by atoms with Crippen molar-refractivity contribution in [2.45, 2.75) is 18.8 Å². The molecule has 0 bridgehead atoms. The molecule has 0 saturated carbocycles. The molecular weight excluding hydrogens is 320 g/mol. The molecule has 2 N–H and O–H groups in total. The molecule has 3 aromatic rings. The Morgan fingerprint density at radius 3 is 2.96 bits per heavy atom. The van der Waals surface area contributed by atoms with Gasteiger partial charge in [-0.25, -0.2) is 9.97 Å². The highest BCUT2D eigenvalue weighted by molar-refractivity contribution is 7.18. The number of carbonyl (C=O) groups is 1. The molecule has 4 rings (SSSR count). The summed E-state index contributed by atoms with van der Waals surface area (Å²) in [6.45, 7) is 1.70. The number of rotatable bonds is 3. The van der Waals surface area contributed by atoms with Crippen LogP contribution in [0.15, 0.2) is 42.6 Å². The maximum Gasteiger partial charge on any atom is 0.252 e. The van der Waals surface area contributed by atoms with Crippen LogP contribution in [0.4, 0.5) is 5.82 Å². The van der Waals surface area contributed by atoms with Crippen LogP contribution in [-0.4, -0.2) is 29.0 Å². The molecule has 1 amide bonds. The number of pyridine rings is 1. The zero-order chi connectivity index (χ0) is 16.5. The number of nitrogens with zero attached hydrogens (tertiary/aromatic N) is 3. The molecule has 3 heterocycles. The van der Waals surface area contributed by atoms with Crippen LogP contribution in [0.25, 0.3) is 10.2 Å². The third-order valence-corrected chi connectivity index (χ3v) is 5.63. The van der Waals surface area contributed by atoms with Gasteiger partial charge in [-0.05, 0) is 37.1 Å². The Labute approximate surface area is 144 Å². The molecule has 0 radical (unpaired) electrons. The van der Waals surface area contributed by atoms with Gasteiger partial charge in [0.05, 0.1) is 20.8 Å². The van der Waals surface area contributed by atoms with Crippen LogP contribution in [0.2, 0.25) is 0 Å². The van der Waals surface area contributed by atoms with Gasteiger partial charge >= 0.3 is 0 Å². The molecule has 1 aliphatic rings. The van der Waals surface area contributed by atoms with Crippen molar-refractivity contribution < 1.29 is 4.79 Å². The first-order valence-electron chi connectivity index (χ1n) is 8.07. The van der Waals surface area contributed by atoms with Crippen molar-refractivity contribution in [3.8, 4) is 0 Å². The summed E-state index contributed by atoms with van der Waals surface area (Å²) in [4.78, 5) is 23.1. The molecule has 1 atom stereocenters. The minimum atomic E-state index is -0.430. The van der Waals surface area contributed by atoms with Crippen LogP contribution in [0.1, 0.15) is 34.1 Å². The summed E-state index contributed by atoms with van der Waals surface area (Å²) in [5.41, 5.74) is 7.05. The predicted octanol–water partition coefficient (Wildman–Crippen LogP) is 3.17. The number of nitrogens with two attached hydrogens (primary N) is 1. The monoisotopic (exact) mass is 338 g/mol. The minimum absolute atomic E-state index is 0.360. The average molecular weight is 338 g/mol. The number of carbonyl (C=O) groups excluding carboxylic acids is 1. The van der Waals surface area contributed by atoms with Crippen molar-refractivity contribution in [2.75, 3.05) is 18.0 Å². The van der Waals surface area contributed by atoms with Gasteiger partial charge in [0.2, 0.25) is 0 Å². The highest BCUT2D eigenvalue weighted by atomic mass is 32.1. The first kappa shape index (κ1) is 15.1. The molecule has 1 saturated heterocycles. The lowest BCUT2D eigenvalue weighted by molar-refractivity contribution is 0.100. The lowest BCUT2D eigenvalue weighted by Crippen LogP contribution is -2.36. The molecule has 5 nitrogen and oxygen atoms in total. The fourth-order valence-electron chi connectivity index (χ4n) is 3.28. The van der Waals surface area contributed by atoms with Crippen molar-refractivity contribution in [3.05, 3.63) is 53.2 Å². The highest BCUT2D eigenvalue weighted by Crippen LogP contribution is 2.34. The first-order valence-corrected chi connectivity index (χ1v) is 8.89. The Morgan fingerprint density at radius 1 is 1.25 bits per heavy atom. The van der Waals surface area contributed by atoms with Gasteiger partial charge in [-0.3, -0.25) is 4.79 Å². The molecule has 1 fully saturated rings. The number of hydrogen-bond donors (Lipinski definition) is 1. The van der Waals surface area contributed by atoms with Gasteiger partial charge in [-0.2, -0.15) is 0 Å². The maximum atomic E-state index is 11.7. The third-order valence-electron chi connectivity index (χ3n) is 4.43. The minimum Gasteiger partial charge on any atom is -0.365 e. The number of fused-ring (bicyclic) bond motifs is 1. The second-order valence-corrected chi connectivity index (χ2v) is 7.11. The Bertz CT molecular complexity index is 858. The molecule has 122 valence electrons. The second-order valence-electron chi connectivity index (χ2n) is 6.04. The number of piperidine rings is 1. The molecule has 0 spiro atoms. The Hall–Kier alpha value is -2.47. The topological polar surface area (TPSA) is 72.1 Å². The summed E-state index contributed by atoms with van der Waals surface area (Å²) in [6.07, 6.45) is 3.87. The molecule has 6 heteroatoms. The predicted molar refractivity (Wildman–Crippen MR) is 96.6 cm³/mol. The van der Waals surface area contributed by atoms with E-state index < -0.39 is 5.91 Å². The first-order chi connectivity index (χ1) is 11.7. The number of hydrogen-bond acceptors (Lipinski definition) is 5. The fraction of sp³-hybridized carbons (Fsp3) is 0.278. The smallest absolute Gasteiger partial charge is 0.252 e. The highest BCUT2D eigenvalue weighted by Gasteiger charge is 2.26. The van der Waals surface area contributed by atoms with E-state index in [1.54, 1.807) is 29.7 Å². The van der Waals surface area contributed by atoms with Crippen LogP contribution in [0.3, 0.4) is 0 Å². The lowest BCUT2D eigenvalue weighted by Gasteiger charge is -2.33. The summed E-state index contributed by atoms with van der Waals surface area (Å²) in [5, 5.41) is 1.16. The van der Waals surface area contributed by atoms with E-state index >= 15 is 0 Å². The van der Waals surface area contributed by atoms with Crippen molar-refractivity contribution in [1.29, 1.82) is 0 Å². The number of amides is 1. The van der Waals surface area contributed by atoms with E-state index in [0.29, 0.717) is 17.3 Å². The van der Waals surface area contributed by atoms with Gasteiger partial charge in [0.15, 0.2) is 0 Å². The molecule has 1 aromatic carbocycles. The zero-order valence-electron chi connectivity index (χ0n) is 13.2. The van der Waals surface area contributed by atoms with E-state index in [2.05, 4.69) is 22.0 Å². The number of thiazole rings is 1. The van der Waals surface area contributed by atoms with Crippen LogP contribution in [0, 0.1) is 0 Å². The van der Waals surface area contributed by atoms with Crippen LogP contribution in [0.5, 0.6) is 0 Å². The summed E-state index contributed by atoms with van der Waals surface area (Å²) in [5.74, 6) is 0.620. The van der Waals surface area contributed by atoms with Gasteiger partial charge in [0.25, 0.3) is 5.91 Å². The second kappa shape index (κ2) is 6.20. The number of anilines is 1. The summed E-state index contributed by atoms with van der Waals surface area (Å²) < 4.78 is 1.22. The van der Waals surface area contributed by atoms with E-state index in [-0.39, 0.29) is 0 Å². The van der Waals surface area contributed by atoms with E-state index in [9.17, 15) is 4.79 Å². The summed E-state index contributed by atoms with van der Waals surface area (Å²) in [7, 11) is 0. The number of primary amides is 1. The Kier molecular flexibility index (Phi) is 3.90. The van der Waals surface area contributed by atoms with Crippen molar-refractivity contribution in [1.82, 2.24) is 9.97 Å².